The number of rotatable bonds is 0. The first-order valence-electron chi connectivity index (χ1n) is 3.56. The minimum atomic E-state index is 0.0229. The van der Waals surface area contributed by atoms with Crippen LogP contribution in [0.15, 0.2) is 18.5 Å². The molecule has 1 aromatic rings. The van der Waals surface area contributed by atoms with E-state index in [9.17, 15) is 5.21 Å². The lowest BCUT2D eigenvalue weighted by atomic mass is 9.89. The van der Waals surface area contributed by atoms with E-state index in [4.69, 9.17) is 0 Å². The maximum absolute atomic E-state index is 10.7. The SMILES string of the molecule is CC(C)(C)c1ccn[n+]([O-])c1. The molecule has 0 N–H and O–H groups in total. The van der Waals surface area contributed by atoms with Crippen LogP contribution in [0.25, 0.3) is 0 Å². The third kappa shape index (κ3) is 1.90. The van der Waals surface area contributed by atoms with Gasteiger partial charge in [0, 0.05) is 10.7 Å². The molecule has 60 valence electrons. The van der Waals surface area contributed by atoms with Crippen molar-refractivity contribution in [1.82, 2.24) is 5.10 Å². The Bertz CT molecular complexity index is 253. The van der Waals surface area contributed by atoms with Crippen molar-refractivity contribution in [1.29, 1.82) is 0 Å². The van der Waals surface area contributed by atoms with Gasteiger partial charge in [-0.3, -0.25) is 0 Å². The third-order valence-electron chi connectivity index (χ3n) is 1.55. The monoisotopic (exact) mass is 152 g/mol. The average molecular weight is 152 g/mol. The van der Waals surface area contributed by atoms with Gasteiger partial charge in [0.2, 0.25) is 6.20 Å². The molecule has 0 aliphatic carbocycles. The van der Waals surface area contributed by atoms with Crippen molar-refractivity contribution in [3.05, 3.63) is 29.2 Å². The molecule has 0 aromatic carbocycles. The molecule has 3 nitrogen and oxygen atoms in total. The fourth-order valence-corrected chi connectivity index (χ4v) is 0.818. The molecule has 1 rings (SSSR count). The topological polar surface area (TPSA) is 39.8 Å². The molecule has 11 heavy (non-hydrogen) atoms. The van der Waals surface area contributed by atoms with Crippen LogP contribution in [0.5, 0.6) is 0 Å². The van der Waals surface area contributed by atoms with Crippen molar-refractivity contribution < 1.29 is 4.85 Å². The smallest absolute Gasteiger partial charge is 0.213 e. The average Bonchev–Trinajstić information content (AvgIpc) is 1.86. The molecule has 0 unspecified atom stereocenters. The summed E-state index contributed by atoms with van der Waals surface area (Å²) in [5, 5.41) is 14.3. The lowest BCUT2D eigenvalue weighted by Crippen LogP contribution is -2.32. The van der Waals surface area contributed by atoms with Gasteiger partial charge in [0.1, 0.15) is 0 Å². The Balaban J connectivity index is 3.06. The van der Waals surface area contributed by atoms with Gasteiger partial charge in [0.05, 0.1) is 6.20 Å². The second-order valence-corrected chi connectivity index (χ2v) is 3.57. The van der Waals surface area contributed by atoms with Crippen molar-refractivity contribution in [2.45, 2.75) is 26.2 Å². The molecular weight excluding hydrogens is 140 g/mol. The first-order valence-corrected chi connectivity index (χ1v) is 3.56. The van der Waals surface area contributed by atoms with Crippen molar-refractivity contribution in [3.63, 3.8) is 0 Å². The van der Waals surface area contributed by atoms with Gasteiger partial charge >= 0.3 is 0 Å². The Hall–Kier alpha value is -1.12. The molecule has 0 radical (unpaired) electrons. The molecule has 3 heteroatoms. The first-order chi connectivity index (χ1) is 5.00. The van der Waals surface area contributed by atoms with Gasteiger partial charge in [-0.25, -0.2) is 0 Å². The predicted octanol–water partition coefficient (Wildman–Crippen LogP) is 1.01. The first kappa shape index (κ1) is 7.98. The highest BCUT2D eigenvalue weighted by Crippen LogP contribution is 2.19. The lowest BCUT2D eigenvalue weighted by molar-refractivity contribution is -0.669. The fourth-order valence-electron chi connectivity index (χ4n) is 0.818. The summed E-state index contributed by atoms with van der Waals surface area (Å²) < 4.78 is 0. The molecule has 1 aromatic heterocycles. The molecule has 0 saturated carbocycles. The van der Waals surface area contributed by atoms with E-state index in [0.29, 0.717) is 4.85 Å². The lowest BCUT2D eigenvalue weighted by Gasteiger charge is -2.16. The highest BCUT2D eigenvalue weighted by Gasteiger charge is 2.15. The molecule has 0 atom stereocenters. The zero-order valence-electron chi connectivity index (χ0n) is 7.03. The molecule has 0 amide bonds. The van der Waals surface area contributed by atoms with E-state index in [1.54, 1.807) is 0 Å². The Morgan fingerprint density at radius 2 is 2.09 bits per heavy atom. The molecular formula is C8H12N2O. The second-order valence-electron chi connectivity index (χ2n) is 3.57. The number of hydrogen-bond acceptors (Lipinski definition) is 2. The largest absolute Gasteiger partial charge is 0.594 e. The number of hydrogen-bond donors (Lipinski definition) is 0. The maximum atomic E-state index is 10.7. The van der Waals surface area contributed by atoms with Gasteiger partial charge in [0.15, 0.2) is 0 Å². The van der Waals surface area contributed by atoms with Crippen molar-refractivity contribution >= 4 is 0 Å². The van der Waals surface area contributed by atoms with Gasteiger partial charge < -0.3 is 5.21 Å². The van der Waals surface area contributed by atoms with E-state index in [0.717, 1.165) is 5.56 Å². The minimum Gasteiger partial charge on any atom is -0.594 e. The van der Waals surface area contributed by atoms with E-state index in [1.165, 1.54) is 12.4 Å². The second kappa shape index (κ2) is 2.49. The van der Waals surface area contributed by atoms with E-state index in [-0.39, 0.29) is 5.41 Å². The van der Waals surface area contributed by atoms with Crippen LogP contribution >= 0.6 is 0 Å². The Morgan fingerprint density at radius 1 is 1.45 bits per heavy atom. The van der Waals surface area contributed by atoms with Crippen LogP contribution in [-0.4, -0.2) is 5.10 Å². The molecule has 0 saturated heterocycles. The zero-order valence-corrected chi connectivity index (χ0v) is 7.03. The van der Waals surface area contributed by atoms with Crippen LogP contribution in [0.2, 0.25) is 0 Å². The van der Waals surface area contributed by atoms with Crippen LogP contribution < -0.4 is 4.85 Å². The van der Waals surface area contributed by atoms with E-state index >= 15 is 0 Å². The van der Waals surface area contributed by atoms with Gasteiger partial charge in [-0.2, -0.15) is 0 Å². The fraction of sp³-hybridized carbons (Fsp3) is 0.500. The van der Waals surface area contributed by atoms with Crippen molar-refractivity contribution in [2.75, 3.05) is 0 Å². The Labute approximate surface area is 66.3 Å². The summed E-state index contributed by atoms with van der Waals surface area (Å²) in [6.07, 6.45) is 3.02. The molecule has 0 aliphatic heterocycles. The molecule has 1 heterocycles. The highest BCUT2D eigenvalue weighted by molar-refractivity contribution is 5.14. The van der Waals surface area contributed by atoms with Crippen LogP contribution in [0.3, 0.4) is 0 Å². The summed E-state index contributed by atoms with van der Waals surface area (Å²) in [6, 6.07) is 1.86. The van der Waals surface area contributed by atoms with Gasteiger partial charge in [-0.1, -0.05) is 25.6 Å². The maximum Gasteiger partial charge on any atom is 0.213 e. The van der Waals surface area contributed by atoms with Crippen molar-refractivity contribution in [3.8, 4) is 0 Å². The summed E-state index contributed by atoms with van der Waals surface area (Å²) in [6.45, 7) is 6.17. The molecule has 0 spiro atoms. The summed E-state index contributed by atoms with van der Waals surface area (Å²) in [5.41, 5.74) is 1.03. The Morgan fingerprint density at radius 3 is 2.45 bits per heavy atom. The van der Waals surface area contributed by atoms with Gasteiger partial charge in [-0.15, -0.1) is 0 Å². The van der Waals surface area contributed by atoms with Crippen LogP contribution in [-0.2, 0) is 5.41 Å². The molecule has 0 aliphatic rings. The Kier molecular flexibility index (Phi) is 1.81. The van der Waals surface area contributed by atoms with Gasteiger partial charge in [-0.05, 0) is 11.5 Å². The van der Waals surface area contributed by atoms with Crippen LogP contribution in [0, 0.1) is 5.21 Å². The molecule has 0 bridgehead atoms. The highest BCUT2D eigenvalue weighted by atomic mass is 16.5. The molecule has 0 fully saturated rings. The summed E-state index contributed by atoms with van der Waals surface area (Å²) in [4.78, 5) is 0.584. The zero-order chi connectivity index (χ0) is 8.48. The van der Waals surface area contributed by atoms with Crippen LogP contribution in [0.1, 0.15) is 26.3 Å². The quantitative estimate of drug-likeness (QED) is 0.411. The van der Waals surface area contributed by atoms with Crippen molar-refractivity contribution in [2.24, 2.45) is 0 Å². The third-order valence-corrected chi connectivity index (χ3v) is 1.55. The number of nitrogens with zero attached hydrogens (tertiary/aromatic N) is 2. The van der Waals surface area contributed by atoms with E-state index < -0.39 is 0 Å². The minimum absolute atomic E-state index is 0.0229. The van der Waals surface area contributed by atoms with Gasteiger partial charge in [0.25, 0.3) is 0 Å². The standard InChI is InChI=1S/C8H12N2O/c1-8(2,3)7-4-5-9-10(11)6-7/h4-6H,1-3H3. The van der Waals surface area contributed by atoms with Crippen LogP contribution in [0.4, 0.5) is 0 Å². The van der Waals surface area contributed by atoms with E-state index in [2.05, 4.69) is 25.9 Å². The van der Waals surface area contributed by atoms with E-state index in [1.807, 2.05) is 6.07 Å². The summed E-state index contributed by atoms with van der Waals surface area (Å²) in [7, 11) is 0. The predicted molar refractivity (Wildman–Crippen MR) is 41.9 cm³/mol. The summed E-state index contributed by atoms with van der Waals surface area (Å²) >= 11 is 0. The normalized spacial score (nSPS) is 11.5. The summed E-state index contributed by atoms with van der Waals surface area (Å²) in [5.74, 6) is 0. The number of aromatic nitrogens is 2.